The second-order valence-electron chi connectivity index (χ2n) is 6.89. The first-order chi connectivity index (χ1) is 13.7. The fraction of sp³-hybridized carbons (Fsp3) is 0.273. The summed E-state index contributed by atoms with van der Waals surface area (Å²) in [6.07, 6.45) is 1.86. The Morgan fingerprint density at radius 1 is 1.14 bits per heavy atom. The van der Waals surface area contributed by atoms with Gasteiger partial charge in [0, 0.05) is 51.4 Å². The smallest absolute Gasteiger partial charge is 0.252 e. The summed E-state index contributed by atoms with van der Waals surface area (Å²) in [5.41, 5.74) is 1.76. The van der Waals surface area contributed by atoms with E-state index in [9.17, 15) is 4.79 Å². The van der Waals surface area contributed by atoms with Gasteiger partial charge in [0.2, 0.25) is 5.88 Å². The molecule has 4 rings (SSSR count). The highest BCUT2D eigenvalue weighted by molar-refractivity contribution is 5.93. The van der Waals surface area contributed by atoms with Crippen molar-refractivity contribution in [3.8, 4) is 11.6 Å². The summed E-state index contributed by atoms with van der Waals surface area (Å²) < 4.78 is 11.4. The summed E-state index contributed by atoms with van der Waals surface area (Å²) in [6, 6.07) is 15.7. The van der Waals surface area contributed by atoms with E-state index in [1.807, 2.05) is 12.1 Å². The summed E-state index contributed by atoms with van der Waals surface area (Å²) in [5.74, 6) is 1.03. The zero-order valence-electron chi connectivity index (χ0n) is 16.0. The second kappa shape index (κ2) is 7.96. The molecular weight excluding hydrogens is 354 g/mol. The Morgan fingerprint density at radius 3 is 2.64 bits per heavy atom. The van der Waals surface area contributed by atoms with Gasteiger partial charge < -0.3 is 14.8 Å². The molecule has 144 valence electrons. The molecule has 6 heteroatoms. The summed E-state index contributed by atoms with van der Waals surface area (Å²) in [4.78, 5) is 18.3. The number of benzene rings is 2. The summed E-state index contributed by atoms with van der Waals surface area (Å²) in [5, 5.41) is 4.79. The zero-order chi connectivity index (χ0) is 19.5. The lowest BCUT2D eigenvalue weighted by atomic mass is 10.0. The van der Waals surface area contributed by atoms with E-state index in [0.29, 0.717) is 17.5 Å². The predicted molar refractivity (Wildman–Crippen MR) is 108 cm³/mol. The fourth-order valence-corrected chi connectivity index (χ4v) is 3.45. The standard InChI is InChI=1S/C22H23N3O3/c1-23-22(26)15-9-10-21(24-11-15)28-20-8-4-6-18-16(5-3-7-19(18)20)12-25-13-17(14-25)27-2/h3-11,17H,12-14H2,1-2H3,(H,23,26). The van der Waals surface area contributed by atoms with Gasteiger partial charge in [-0.15, -0.1) is 0 Å². The molecule has 1 aliphatic rings. The van der Waals surface area contributed by atoms with E-state index in [2.05, 4.69) is 39.5 Å². The molecular formula is C22H23N3O3. The maximum absolute atomic E-state index is 11.6. The lowest BCUT2D eigenvalue weighted by molar-refractivity contribution is -0.0332. The molecule has 3 aromatic rings. The number of likely N-dealkylation sites (tertiary alicyclic amines) is 1. The number of hydrogen-bond donors (Lipinski definition) is 1. The molecule has 0 aliphatic carbocycles. The van der Waals surface area contributed by atoms with Gasteiger partial charge in [-0.05, 0) is 23.1 Å². The molecule has 1 aliphatic heterocycles. The van der Waals surface area contributed by atoms with Crippen LogP contribution in [0.3, 0.4) is 0 Å². The average molecular weight is 377 g/mol. The summed E-state index contributed by atoms with van der Waals surface area (Å²) in [6.45, 7) is 2.81. The Hall–Kier alpha value is -2.96. The van der Waals surface area contributed by atoms with Crippen molar-refractivity contribution in [2.75, 3.05) is 27.2 Å². The van der Waals surface area contributed by atoms with Gasteiger partial charge in [-0.25, -0.2) is 4.98 Å². The van der Waals surface area contributed by atoms with E-state index < -0.39 is 0 Å². The maximum atomic E-state index is 11.6. The normalized spacial score (nSPS) is 14.6. The number of ether oxygens (including phenoxy) is 2. The van der Waals surface area contributed by atoms with E-state index in [-0.39, 0.29) is 5.91 Å². The molecule has 0 atom stereocenters. The number of nitrogens with zero attached hydrogens (tertiary/aromatic N) is 2. The Kier molecular flexibility index (Phi) is 5.23. The Balaban J connectivity index is 1.56. The van der Waals surface area contributed by atoms with Crippen LogP contribution in [0.2, 0.25) is 0 Å². The molecule has 28 heavy (non-hydrogen) atoms. The first kappa shape index (κ1) is 18.4. The molecule has 2 heterocycles. The largest absolute Gasteiger partial charge is 0.438 e. The van der Waals surface area contributed by atoms with Crippen LogP contribution in [0.15, 0.2) is 54.7 Å². The van der Waals surface area contributed by atoms with Gasteiger partial charge in [0.25, 0.3) is 5.91 Å². The van der Waals surface area contributed by atoms with E-state index in [1.165, 1.54) is 17.1 Å². The second-order valence-corrected chi connectivity index (χ2v) is 6.89. The minimum atomic E-state index is -0.171. The van der Waals surface area contributed by atoms with Crippen LogP contribution in [-0.4, -0.2) is 49.1 Å². The highest BCUT2D eigenvalue weighted by atomic mass is 16.5. The lowest BCUT2D eigenvalue weighted by Crippen LogP contribution is -2.50. The van der Waals surface area contributed by atoms with Gasteiger partial charge in [-0.1, -0.05) is 30.3 Å². The van der Waals surface area contributed by atoms with Crippen molar-refractivity contribution in [2.24, 2.45) is 0 Å². The summed E-state index contributed by atoms with van der Waals surface area (Å²) in [7, 11) is 3.36. The maximum Gasteiger partial charge on any atom is 0.252 e. The van der Waals surface area contributed by atoms with E-state index in [1.54, 1.807) is 26.3 Å². The fourth-order valence-electron chi connectivity index (χ4n) is 3.45. The van der Waals surface area contributed by atoms with Gasteiger partial charge in [0.15, 0.2) is 0 Å². The van der Waals surface area contributed by atoms with Crippen molar-refractivity contribution >= 4 is 16.7 Å². The third kappa shape index (κ3) is 3.69. The highest BCUT2D eigenvalue weighted by Crippen LogP contribution is 2.32. The number of carbonyl (C=O) groups is 1. The molecule has 1 N–H and O–H groups in total. The minimum absolute atomic E-state index is 0.171. The number of aromatic nitrogens is 1. The molecule has 0 spiro atoms. The monoisotopic (exact) mass is 377 g/mol. The number of pyridine rings is 1. The van der Waals surface area contributed by atoms with Crippen molar-refractivity contribution in [1.29, 1.82) is 0 Å². The molecule has 0 radical (unpaired) electrons. The predicted octanol–water partition coefficient (Wildman–Crippen LogP) is 3.22. The van der Waals surface area contributed by atoms with Crippen molar-refractivity contribution in [3.63, 3.8) is 0 Å². The zero-order valence-corrected chi connectivity index (χ0v) is 16.0. The van der Waals surface area contributed by atoms with Crippen molar-refractivity contribution in [1.82, 2.24) is 15.2 Å². The topological polar surface area (TPSA) is 63.7 Å². The average Bonchev–Trinajstić information content (AvgIpc) is 2.70. The van der Waals surface area contributed by atoms with E-state index in [0.717, 1.165) is 30.8 Å². The molecule has 0 unspecified atom stereocenters. The van der Waals surface area contributed by atoms with Crippen molar-refractivity contribution in [3.05, 3.63) is 65.9 Å². The highest BCUT2D eigenvalue weighted by Gasteiger charge is 2.26. The van der Waals surface area contributed by atoms with Gasteiger partial charge in [-0.2, -0.15) is 0 Å². The number of rotatable bonds is 6. The van der Waals surface area contributed by atoms with Gasteiger partial charge in [-0.3, -0.25) is 9.69 Å². The Bertz CT molecular complexity index is 982. The molecule has 1 saturated heterocycles. The number of methoxy groups -OCH3 is 1. The van der Waals surface area contributed by atoms with Gasteiger partial charge in [0.05, 0.1) is 11.7 Å². The van der Waals surface area contributed by atoms with Crippen LogP contribution in [0.1, 0.15) is 15.9 Å². The molecule has 1 aromatic heterocycles. The van der Waals surface area contributed by atoms with E-state index >= 15 is 0 Å². The molecule has 1 fully saturated rings. The van der Waals surface area contributed by atoms with Crippen LogP contribution in [0, 0.1) is 0 Å². The van der Waals surface area contributed by atoms with Crippen LogP contribution in [0.4, 0.5) is 0 Å². The number of carbonyl (C=O) groups excluding carboxylic acids is 1. The van der Waals surface area contributed by atoms with Crippen molar-refractivity contribution in [2.45, 2.75) is 12.6 Å². The van der Waals surface area contributed by atoms with Crippen LogP contribution < -0.4 is 10.1 Å². The van der Waals surface area contributed by atoms with Crippen molar-refractivity contribution < 1.29 is 14.3 Å². The van der Waals surface area contributed by atoms with Crippen LogP contribution in [-0.2, 0) is 11.3 Å². The van der Waals surface area contributed by atoms with Crippen LogP contribution in [0.25, 0.3) is 10.8 Å². The molecule has 0 bridgehead atoms. The number of hydrogen-bond acceptors (Lipinski definition) is 5. The minimum Gasteiger partial charge on any atom is -0.438 e. The lowest BCUT2D eigenvalue weighted by Gasteiger charge is -2.38. The number of nitrogens with one attached hydrogen (secondary N) is 1. The molecule has 2 aromatic carbocycles. The third-order valence-electron chi connectivity index (χ3n) is 5.06. The first-order valence-electron chi connectivity index (χ1n) is 9.29. The number of amides is 1. The number of fused-ring (bicyclic) bond motifs is 1. The van der Waals surface area contributed by atoms with Crippen LogP contribution in [0.5, 0.6) is 11.6 Å². The summed E-state index contributed by atoms with van der Waals surface area (Å²) >= 11 is 0. The van der Waals surface area contributed by atoms with Gasteiger partial charge in [0.1, 0.15) is 5.75 Å². The SMILES string of the molecule is CNC(=O)c1ccc(Oc2cccc3c(CN4CC(OC)C4)cccc23)nc1. The molecule has 1 amide bonds. The van der Waals surface area contributed by atoms with Crippen LogP contribution >= 0.6 is 0 Å². The quantitative estimate of drug-likeness (QED) is 0.715. The third-order valence-corrected chi connectivity index (χ3v) is 5.06. The molecule has 6 nitrogen and oxygen atoms in total. The Morgan fingerprint density at radius 2 is 1.93 bits per heavy atom. The first-order valence-corrected chi connectivity index (χ1v) is 9.29. The Labute approximate surface area is 164 Å². The van der Waals surface area contributed by atoms with Gasteiger partial charge >= 0.3 is 0 Å². The molecule has 0 saturated carbocycles. The van der Waals surface area contributed by atoms with E-state index in [4.69, 9.17) is 9.47 Å².